The molecule has 0 spiro atoms. The number of nitrogens with two attached hydrogens (primary N) is 1. The van der Waals surface area contributed by atoms with Crippen molar-refractivity contribution in [2.45, 2.75) is 78.7 Å². The summed E-state index contributed by atoms with van der Waals surface area (Å²) in [6.07, 6.45) is -0.626. The summed E-state index contributed by atoms with van der Waals surface area (Å²) < 4.78 is 16.4. The van der Waals surface area contributed by atoms with Gasteiger partial charge in [0.2, 0.25) is 0 Å². The predicted octanol–water partition coefficient (Wildman–Crippen LogP) is 7.71. The quantitative estimate of drug-likeness (QED) is 0.119. The minimum atomic E-state index is -1.11. The number of amides is 3. The van der Waals surface area contributed by atoms with Gasteiger partial charge in [-0.2, -0.15) is 4.90 Å². The summed E-state index contributed by atoms with van der Waals surface area (Å²) in [6.45, 7) is 12.4. The van der Waals surface area contributed by atoms with Crippen molar-refractivity contribution in [2.75, 3.05) is 22.1 Å². The first-order valence-corrected chi connectivity index (χ1v) is 16.4. The van der Waals surface area contributed by atoms with E-state index in [9.17, 15) is 24.3 Å². The minimum Gasteiger partial charge on any atom is -0.479 e. The number of carboxylic acid groups (broad SMARTS) is 1. The van der Waals surface area contributed by atoms with Crippen molar-refractivity contribution in [3.63, 3.8) is 0 Å². The number of pyridine rings is 1. The molecule has 0 radical (unpaired) electrons. The molecule has 51 heavy (non-hydrogen) atoms. The fourth-order valence-corrected chi connectivity index (χ4v) is 5.11. The lowest BCUT2D eigenvalue weighted by Gasteiger charge is -2.28. The Morgan fingerprint density at radius 1 is 0.882 bits per heavy atom. The van der Waals surface area contributed by atoms with E-state index in [-0.39, 0.29) is 12.4 Å². The third-order valence-corrected chi connectivity index (χ3v) is 7.38. The van der Waals surface area contributed by atoms with E-state index in [1.807, 2.05) is 19.1 Å². The molecular weight excluding hydrogens is 654 g/mol. The largest absolute Gasteiger partial charge is 0.479 e. The summed E-state index contributed by atoms with van der Waals surface area (Å²) in [4.78, 5) is 56.4. The van der Waals surface area contributed by atoms with Crippen molar-refractivity contribution in [3.05, 3.63) is 95.2 Å². The summed E-state index contributed by atoms with van der Waals surface area (Å²) in [5.74, 6) is -1.09. The summed E-state index contributed by atoms with van der Waals surface area (Å²) in [7, 11) is 0. The van der Waals surface area contributed by atoms with Gasteiger partial charge < -0.3 is 30.4 Å². The number of aliphatic carboxylic acids is 1. The Morgan fingerprint density at radius 3 is 2.18 bits per heavy atom. The fraction of sp³-hybridized carbons (Fsp3) is 0.342. The van der Waals surface area contributed by atoms with E-state index in [0.717, 1.165) is 21.6 Å². The highest BCUT2D eigenvalue weighted by atomic mass is 16.6. The van der Waals surface area contributed by atoms with Gasteiger partial charge in [0.15, 0.2) is 11.9 Å². The van der Waals surface area contributed by atoms with Gasteiger partial charge in [-0.05, 0) is 113 Å². The third kappa shape index (κ3) is 10.6. The van der Waals surface area contributed by atoms with Gasteiger partial charge in [0.05, 0.1) is 6.61 Å². The first-order chi connectivity index (χ1) is 23.9. The number of hydrogen-bond acceptors (Lipinski definition) is 10. The molecule has 4 rings (SSSR count). The van der Waals surface area contributed by atoms with E-state index in [4.69, 9.17) is 19.9 Å². The molecule has 0 saturated heterocycles. The van der Waals surface area contributed by atoms with Gasteiger partial charge in [-0.15, -0.1) is 0 Å². The van der Waals surface area contributed by atoms with Crippen LogP contribution < -0.4 is 21.3 Å². The number of fused-ring (bicyclic) bond motifs is 1. The number of nitrogens with zero attached hydrogens (tertiary/aromatic N) is 2. The highest BCUT2D eigenvalue weighted by molar-refractivity contribution is 6.14. The normalized spacial score (nSPS) is 12.1. The van der Waals surface area contributed by atoms with Crippen molar-refractivity contribution < 1.29 is 38.5 Å². The average Bonchev–Trinajstić information content (AvgIpc) is 3.02. The van der Waals surface area contributed by atoms with Crippen molar-refractivity contribution in [1.82, 2.24) is 4.98 Å². The van der Waals surface area contributed by atoms with Crippen LogP contribution in [0.3, 0.4) is 0 Å². The van der Waals surface area contributed by atoms with Gasteiger partial charge in [-0.25, -0.2) is 24.2 Å². The van der Waals surface area contributed by atoms with Crippen LogP contribution in [-0.4, -0.2) is 52.1 Å². The Balaban J connectivity index is 1.50. The Hall–Kier alpha value is -5.69. The highest BCUT2D eigenvalue weighted by Crippen LogP contribution is 2.31. The lowest BCUT2D eigenvalue weighted by molar-refractivity contribution is -0.138. The van der Waals surface area contributed by atoms with Crippen LogP contribution in [0, 0.1) is 6.92 Å². The van der Waals surface area contributed by atoms with Gasteiger partial charge in [-0.3, -0.25) is 5.32 Å². The zero-order valence-corrected chi connectivity index (χ0v) is 29.9. The minimum absolute atomic E-state index is 0.00538. The fourth-order valence-electron chi connectivity index (χ4n) is 5.11. The molecule has 0 saturated carbocycles. The zero-order valence-electron chi connectivity index (χ0n) is 29.9. The van der Waals surface area contributed by atoms with Crippen LogP contribution in [0.5, 0.6) is 0 Å². The van der Waals surface area contributed by atoms with Gasteiger partial charge >= 0.3 is 24.2 Å². The van der Waals surface area contributed by atoms with Crippen LogP contribution in [0.25, 0.3) is 10.8 Å². The molecule has 1 atom stereocenters. The maximum atomic E-state index is 13.3. The SMILES string of the molecule is Cc1cc(C(Nc2ccc3c(N(C(=O)OC(C)(C)C)C(=O)OC(C)(C)C)nccc3c2)C(=O)O)ccc1CCOC(=O)Nc1cccc(CN)c1. The summed E-state index contributed by atoms with van der Waals surface area (Å²) in [6, 6.07) is 18.0. The molecular formula is C38H45N5O8. The first-order valence-electron chi connectivity index (χ1n) is 16.4. The molecule has 13 nitrogen and oxygen atoms in total. The number of imide groups is 1. The van der Waals surface area contributed by atoms with Gasteiger partial charge in [0, 0.05) is 35.9 Å². The molecule has 0 bridgehead atoms. The van der Waals surface area contributed by atoms with Crippen molar-refractivity contribution in [3.8, 4) is 0 Å². The zero-order chi connectivity index (χ0) is 37.5. The predicted molar refractivity (Wildman–Crippen MR) is 195 cm³/mol. The van der Waals surface area contributed by atoms with Crippen molar-refractivity contribution in [2.24, 2.45) is 5.73 Å². The van der Waals surface area contributed by atoms with E-state index in [2.05, 4.69) is 15.6 Å². The standard InChI is InChI=1S/C38H45N5O8/c1-23-19-27(12-11-25(23)16-18-49-34(46)42-28-10-8-9-24(20-28)22-39)31(33(44)45)41-29-13-14-30-26(21-29)15-17-40-32(30)43(35(47)50-37(2,3)4)36(48)51-38(5,6)7/h8-15,17,19-21,31,41H,16,18,22,39H2,1-7H3,(H,42,46)(H,44,45). The second kappa shape index (κ2) is 15.9. The third-order valence-electron chi connectivity index (χ3n) is 7.38. The van der Waals surface area contributed by atoms with Gasteiger partial charge in [0.1, 0.15) is 11.2 Å². The molecule has 1 unspecified atom stereocenters. The lowest BCUT2D eigenvalue weighted by Crippen LogP contribution is -2.44. The Labute approximate surface area is 297 Å². The van der Waals surface area contributed by atoms with E-state index < -0.39 is 41.5 Å². The molecule has 13 heteroatoms. The second-order valence-corrected chi connectivity index (χ2v) is 13.9. The Morgan fingerprint density at radius 2 is 1.57 bits per heavy atom. The number of carbonyl (C=O) groups is 4. The number of anilines is 3. The maximum absolute atomic E-state index is 13.3. The number of carboxylic acids is 1. The molecule has 3 aromatic carbocycles. The molecule has 5 N–H and O–H groups in total. The second-order valence-electron chi connectivity index (χ2n) is 13.9. The molecule has 0 aliphatic carbocycles. The van der Waals surface area contributed by atoms with Crippen LogP contribution in [0.4, 0.5) is 31.6 Å². The number of nitrogens with one attached hydrogen (secondary N) is 2. The topological polar surface area (TPSA) is 182 Å². The molecule has 0 aliphatic heterocycles. The molecule has 270 valence electrons. The number of benzene rings is 3. The number of aryl methyl sites for hydroxylation is 1. The van der Waals surface area contributed by atoms with Gasteiger partial charge in [-0.1, -0.05) is 30.3 Å². The van der Waals surface area contributed by atoms with E-state index >= 15 is 0 Å². The van der Waals surface area contributed by atoms with Crippen LogP contribution in [0.1, 0.15) is 69.8 Å². The Kier molecular flexibility index (Phi) is 11.9. The van der Waals surface area contributed by atoms with Crippen LogP contribution in [0.2, 0.25) is 0 Å². The van der Waals surface area contributed by atoms with Crippen LogP contribution in [-0.2, 0) is 32.0 Å². The number of ether oxygens (including phenoxy) is 3. The average molecular weight is 700 g/mol. The van der Waals surface area contributed by atoms with E-state index in [1.165, 1.54) is 6.20 Å². The molecule has 1 heterocycles. The molecule has 3 amide bonds. The Bertz CT molecular complexity index is 1890. The molecule has 1 aromatic heterocycles. The van der Waals surface area contributed by atoms with Crippen LogP contribution in [0.15, 0.2) is 72.9 Å². The van der Waals surface area contributed by atoms with E-state index in [1.54, 1.807) is 96.1 Å². The van der Waals surface area contributed by atoms with Crippen molar-refractivity contribution in [1.29, 1.82) is 0 Å². The summed E-state index contributed by atoms with van der Waals surface area (Å²) in [5.41, 5.74) is 8.05. The first kappa shape index (κ1) is 38.1. The van der Waals surface area contributed by atoms with Crippen molar-refractivity contribution >= 4 is 52.2 Å². The van der Waals surface area contributed by atoms with E-state index in [0.29, 0.717) is 40.7 Å². The monoisotopic (exact) mass is 699 g/mol. The smallest absolute Gasteiger partial charge is 0.425 e. The number of rotatable bonds is 10. The number of hydrogen-bond donors (Lipinski definition) is 4. The highest BCUT2D eigenvalue weighted by Gasteiger charge is 2.34. The summed E-state index contributed by atoms with van der Waals surface area (Å²) >= 11 is 0. The number of carbonyl (C=O) groups excluding carboxylic acids is 3. The van der Waals surface area contributed by atoms with Crippen LogP contribution >= 0.6 is 0 Å². The van der Waals surface area contributed by atoms with Gasteiger partial charge in [0.25, 0.3) is 0 Å². The number of aromatic nitrogens is 1. The molecule has 0 fully saturated rings. The maximum Gasteiger partial charge on any atom is 0.425 e. The lowest BCUT2D eigenvalue weighted by atomic mass is 9.98. The summed E-state index contributed by atoms with van der Waals surface area (Å²) in [5, 5.41) is 17.0. The molecule has 4 aromatic rings. The molecule has 0 aliphatic rings.